The van der Waals surface area contributed by atoms with Crippen LogP contribution in [0.5, 0.6) is 0 Å². The van der Waals surface area contributed by atoms with Gasteiger partial charge in [0.2, 0.25) is 0 Å². The molecular weight excluding hydrogens is 216 g/mol. The molecule has 1 atom stereocenters. The summed E-state index contributed by atoms with van der Waals surface area (Å²) in [6, 6.07) is 7.68. The van der Waals surface area contributed by atoms with Gasteiger partial charge >= 0.3 is 5.97 Å². The highest BCUT2D eigenvalue weighted by atomic mass is 16.5. The highest BCUT2D eigenvalue weighted by Crippen LogP contribution is 2.26. The van der Waals surface area contributed by atoms with Crippen LogP contribution in [0.1, 0.15) is 44.4 Å². The molecule has 0 radical (unpaired) electrons. The minimum atomic E-state index is -0.801. The van der Waals surface area contributed by atoms with Gasteiger partial charge in [-0.2, -0.15) is 0 Å². The first-order valence-electron chi connectivity index (χ1n) is 5.70. The largest absolute Gasteiger partial charge is 0.469 e. The zero-order valence-corrected chi connectivity index (χ0v) is 10.9. The molecule has 0 amide bonds. The van der Waals surface area contributed by atoms with Crippen LogP contribution in [0.3, 0.4) is 0 Å². The SMILES string of the molecule is COC(=O)C[C@@H](O)c1cccc(C(C)(C)C)c1. The Morgan fingerprint density at radius 1 is 1.41 bits per heavy atom. The van der Waals surface area contributed by atoms with Crippen LogP contribution in [-0.4, -0.2) is 18.2 Å². The average molecular weight is 236 g/mol. The Balaban J connectivity index is 2.88. The maximum absolute atomic E-state index is 11.1. The molecule has 0 heterocycles. The summed E-state index contributed by atoms with van der Waals surface area (Å²) in [5.41, 5.74) is 1.92. The Bertz CT molecular complexity index is 391. The van der Waals surface area contributed by atoms with Gasteiger partial charge in [0.1, 0.15) is 0 Å². The number of rotatable bonds is 3. The lowest BCUT2D eigenvalue weighted by molar-refractivity contribution is -0.142. The van der Waals surface area contributed by atoms with Gasteiger partial charge in [0.15, 0.2) is 0 Å². The van der Waals surface area contributed by atoms with Crippen molar-refractivity contribution in [3.05, 3.63) is 35.4 Å². The lowest BCUT2D eigenvalue weighted by Crippen LogP contribution is -2.13. The average Bonchev–Trinajstić information content (AvgIpc) is 2.28. The van der Waals surface area contributed by atoms with E-state index in [4.69, 9.17) is 0 Å². The third-order valence-electron chi connectivity index (χ3n) is 2.73. The van der Waals surface area contributed by atoms with E-state index >= 15 is 0 Å². The van der Waals surface area contributed by atoms with Gasteiger partial charge in [-0.05, 0) is 16.5 Å². The molecule has 1 rings (SSSR count). The summed E-state index contributed by atoms with van der Waals surface area (Å²) in [7, 11) is 1.32. The summed E-state index contributed by atoms with van der Waals surface area (Å²) in [5.74, 6) is -0.404. The maximum atomic E-state index is 11.1. The summed E-state index contributed by atoms with van der Waals surface area (Å²) < 4.78 is 4.54. The Labute approximate surface area is 102 Å². The highest BCUT2D eigenvalue weighted by Gasteiger charge is 2.17. The molecule has 1 aromatic carbocycles. The first-order chi connectivity index (χ1) is 7.84. The third-order valence-corrected chi connectivity index (χ3v) is 2.73. The van der Waals surface area contributed by atoms with Crippen LogP contribution in [0.25, 0.3) is 0 Å². The summed E-state index contributed by atoms with van der Waals surface area (Å²) in [6.45, 7) is 6.33. The number of aliphatic hydroxyl groups is 1. The molecule has 0 fully saturated rings. The minimum Gasteiger partial charge on any atom is -0.469 e. The Morgan fingerprint density at radius 2 is 2.06 bits per heavy atom. The van der Waals surface area contributed by atoms with Gasteiger partial charge < -0.3 is 9.84 Å². The highest BCUT2D eigenvalue weighted by molar-refractivity contribution is 5.70. The van der Waals surface area contributed by atoms with E-state index in [0.717, 1.165) is 11.1 Å². The van der Waals surface area contributed by atoms with E-state index in [1.165, 1.54) is 7.11 Å². The zero-order valence-electron chi connectivity index (χ0n) is 10.9. The lowest BCUT2D eigenvalue weighted by atomic mass is 9.85. The number of hydrogen-bond acceptors (Lipinski definition) is 3. The Kier molecular flexibility index (Phi) is 4.29. The molecule has 94 valence electrons. The minimum absolute atomic E-state index is 0.00983. The van der Waals surface area contributed by atoms with E-state index in [2.05, 4.69) is 25.5 Å². The predicted molar refractivity (Wildman–Crippen MR) is 66.7 cm³/mol. The first-order valence-corrected chi connectivity index (χ1v) is 5.70. The van der Waals surface area contributed by atoms with E-state index in [1.807, 2.05) is 24.3 Å². The molecule has 0 aliphatic carbocycles. The van der Waals surface area contributed by atoms with Crippen LogP contribution in [0.15, 0.2) is 24.3 Å². The monoisotopic (exact) mass is 236 g/mol. The summed E-state index contributed by atoms with van der Waals surface area (Å²) >= 11 is 0. The van der Waals surface area contributed by atoms with E-state index < -0.39 is 12.1 Å². The standard InChI is InChI=1S/C14H20O3/c1-14(2,3)11-7-5-6-10(8-11)12(15)9-13(16)17-4/h5-8,12,15H,9H2,1-4H3/t12-/m1/s1. The number of esters is 1. The second kappa shape index (κ2) is 5.32. The Hall–Kier alpha value is -1.35. The quantitative estimate of drug-likeness (QED) is 0.820. The number of ether oxygens (including phenoxy) is 1. The summed E-state index contributed by atoms with van der Waals surface area (Å²) in [5, 5.41) is 9.91. The maximum Gasteiger partial charge on any atom is 0.308 e. The van der Waals surface area contributed by atoms with Crippen molar-refractivity contribution in [2.24, 2.45) is 0 Å². The number of benzene rings is 1. The molecule has 1 aromatic rings. The van der Waals surface area contributed by atoms with Gasteiger partial charge in [0.25, 0.3) is 0 Å². The van der Waals surface area contributed by atoms with E-state index in [0.29, 0.717) is 0 Å². The second-order valence-electron chi connectivity index (χ2n) is 5.17. The van der Waals surface area contributed by atoms with E-state index in [1.54, 1.807) is 0 Å². The normalized spacial score (nSPS) is 13.2. The predicted octanol–water partition coefficient (Wildman–Crippen LogP) is 2.58. The van der Waals surface area contributed by atoms with Crippen LogP contribution in [0.2, 0.25) is 0 Å². The fourth-order valence-corrected chi connectivity index (χ4v) is 1.57. The van der Waals surface area contributed by atoms with E-state index in [9.17, 15) is 9.90 Å². The molecule has 1 N–H and O–H groups in total. The Morgan fingerprint density at radius 3 is 2.59 bits per heavy atom. The van der Waals surface area contributed by atoms with Crippen molar-refractivity contribution < 1.29 is 14.6 Å². The van der Waals surface area contributed by atoms with Gasteiger partial charge in [-0.25, -0.2) is 0 Å². The van der Waals surface area contributed by atoms with E-state index in [-0.39, 0.29) is 11.8 Å². The van der Waals surface area contributed by atoms with Gasteiger partial charge in [-0.3, -0.25) is 4.79 Å². The molecule has 3 nitrogen and oxygen atoms in total. The van der Waals surface area contributed by atoms with Crippen LogP contribution in [-0.2, 0) is 14.9 Å². The first kappa shape index (κ1) is 13.7. The molecular formula is C14H20O3. The zero-order chi connectivity index (χ0) is 13.1. The summed E-state index contributed by atoms with van der Waals surface area (Å²) in [4.78, 5) is 11.1. The van der Waals surface area contributed by atoms with Crippen LogP contribution >= 0.6 is 0 Å². The molecule has 3 heteroatoms. The number of carbonyl (C=O) groups excluding carboxylic acids is 1. The summed E-state index contributed by atoms with van der Waals surface area (Å²) in [6.07, 6.45) is -0.811. The van der Waals surface area contributed by atoms with Gasteiger partial charge in [-0.15, -0.1) is 0 Å². The topological polar surface area (TPSA) is 46.5 Å². The number of carbonyl (C=O) groups is 1. The molecule has 0 aliphatic rings. The van der Waals surface area contributed by atoms with Crippen LogP contribution < -0.4 is 0 Å². The molecule has 0 aliphatic heterocycles. The van der Waals surface area contributed by atoms with Crippen molar-refractivity contribution in [3.8, 4) is 0 Å². The molecule has 0 saturated heterocycles. The number of hydrogen-bond donors (Lipinski definition) is 1. The van der Waals surface area contributed by atoms with Gasteiger partial charge in [0.05, 0.1) is 19.6 Å². The second-order valence-corrected chi connectivity index (χ2v) is 5.17. The van der Waals surface area contributed by atoms with Crippen molar-refractivity contribution in [1.29, 1.82) is 0 Å². The van der Waals surface area contributed by atoms with Crippen molar-refractivity contribution in [1.82, 2.24) is 0 Å². The van der Waals surface area contributed by atoms with Gasteiger partial charge in [-0.1, -0.05) is 45.0 Å². The number of aliphatic hydroxyl groups excluding tert-OH is 1. The molecule has 0 unspecified atom stereocenters. The third kappa shape index (κ3) is 3.86. The van der Waals surface area contributed by atoms with Crippen LogP contribution in [0, 0.1) is 0 Å². The van der Waals surface area contributed by atoms with Crippen molar-refractivity contribution in [2.45, 2.75) is 38.7 Å². The van der Waals surface area contributed by atoms with Gasteiger partial charge in [0, 0.05) is 0 Å². The molecule has 17 heavy (non-hydrogen) atoms. The fraction of sp³-hybridized carbons (Fsp3) is 0.500. The molecule has 0 bridgehead atoms. The molecule has 0 aromatic heterocycles. The van der Waals surface area contributed by atoms with Crippen molar-refractivity contribution in [3.63, 3.8) is 0 Å². The lowest BCUT2D eigenvalue weighted by Gasteiger charge is -2.20. The number of methoxy groups -OCH3 is 1. The fourth-order valence-electron chi connectivity index (χ4n) is 1.57. The molecule has 0 saturated carbocycles. The van der Waals surface area contributed by atoms with Crippen LogP contribution in [0.4, 0.5) is 0 Å². The molecule has 0 spiro atoms. The smallest absolute Gasteiger partial charge is 0.308 e. The van der Waals surface area contributed by atoms with Crippen molar-refractivity contribution >= 4 is 5.97 Å². The van der Waals surface area contributed by atoms with Crippen molar-refractivity contribution in [2.75, 3.05) is 7.11 Å².